The standard InChI is InChI=1S/C23H31N5O5S/c1-16(2)15-28(23(30,11-12-24)14-17-7-5-4-6-8-17)34(31,32)18-9-10-19-20(13-18)26-21(25-19)27-22(29)33-3/h4-10,13,16,30H,11-12,14-15,24H2,1-3H3,(H2,25,26,27,29). The number of nitrogens with one attached hydrogen (secondary N) is 2. The molecule has 2 aromatic carbocycles. The molecule has 10 nitrogen and oxygen atoms in total. The zero-order valence-corrected chi connectivity index (χ0v) is 20.3. The lowest BCUT2D eigenvalue weighted by Crippen LogP contribution is -2.55. The van der Waals surface area contributed by atoms with E-state index in [4.69, 9.17) is 5.73 Å². The van der Waals surface area contributed by atoms with E-state index in [9.17, 15) is 18.3 Å². The van der Waals surface area contributed by atoms with Crippen molar-refractivity contribution >= 4 is 33.1 Å². The fourth-order valence-corrected chi connectivity index (χ4v) is 5.62. The number of anilines is 1. The van der Waals surface area contributed by atoms with Crippen molar-refractivity contribution in [2.24, 2.45) is 11.7 Å². The number of nitrogens with zero attached hydrogens (tertiary/aromatic N) is 2. The lowest BCUT2D eigenvalue weighted by Gasteiger charge is -2.40. The van der Waals surface area contributed by atoms with Crippen LogP contribution in [0.5, 0.6) is 0 Å². The van der Waals surface area contributed by atoms with Crippen molar-refractivity contribution in [3.63, 3.8) is 0 Å². The second kappa shape index (κ2) is 10.5. The molecule has 1 aromatic heterocycles. The maximum absolute atomic E-state index is 13.9. The number of H-pyrrole nitrogens is 1. The van der Waals surface area contributed by atoms with Crippen LogP contribution in [0, 0.1) is 5.92 Å². The third-order valence-corrected chi connectivity index (χ3v) is 7.24. The van der Waals surface area contributed by atoms with Crippen molar-refractivity contribution < 1.29 is 23.1 Å². The van der Waals surface area contributed by atoms with Gasteiger partial charge in [-0.2, -0.15) is 4.31 Å². The van der Waals surface area contributed by atoms with Gasteiger partial charge < -0.3 is 20.6 Å². The van der Waals surface area contributed by atoms with Crippen LogP contribution in [0.4, 0.5) is 10.7 Å². The van der Waals surface area contributed by atoms with Gasteiger partial charge in [-0.3, -0.25) is 5.32 Å². The number of methoxy groups -OCH3 is 1. The third-order valence-electron chi connectivity index (χ3n) is 5.32. The number of aliphatic hydroxyl groups is 1. The molecule has 1 amide bonds. The molecular formula is C23H31N5O5S. The van der Waals surface area contributed by atoms with Crippen molar-refractivity contribution in [2.75, 3.05) is 25.5 Å². The van der Waals surface area contributed by atoms with E-state index in [1.54, 1.807) is 0 Å². The Morgan fingerprint density at radius 2 is 1.97 bits per heavy atom. The number of carbonyl (C=O) groups is 1. The molecule has 1 atom stereocenters. The zero-order valence-electron chi connectivity index (χ0n) is 19.5. The summed E-state index contributed by atoms with van der Waals surface area (Å²) in [6.45, 7) is 3.98. The minimum atomic E-state index is -4.14. The fraction of sp³-hybridized carbons (Fsp3) is 0.391. The maximum atomic E-state index is 13.9. The Morgan fingerprint density at radius 3 is 2.59 bits per heavy atom. The highest BCUT2D eigenvalue weighted by molar-refractivity contribution is 7.89. The number of benzene rings is 2. The Bertz CT molecular complexity index is 1230. The lowest BCUT2D eigenvalue weighted by molar-refractivity contribution is -0.0691. The van der Waals surface area contributed by atoms with Gasteiger partial charge in [-0.15, -0.1) is 0 Å². The number of aromatic amines is 1. The highest BCUT2D eigenvalue weighted by atomic mass is 32.2. The fourth-order valence-electron chi connectivity index (χ4n) is 3.76. The highest BCUT2D eigenvalue weighted by Gasteiger charge is 2.42. The van der Waals surface area contributed by atoms with Gasteiger partial charge in [0, 0.05) is 19.4 Å². The van der Waals surface area contributed by atoms with Crippen LogP contribution in [-0.4, -0.2) is 59.8 Å². The molecule has 0 saturated carbocycles. The van der Waals surface area contributed by atoms with E-state index in [2.05, 4.69) is 20.0 Å². The molecule has 0 radical (unpaired) electrons. The molecule has 0 aliphatic heterocycles. The Balaban J connectivity index is 2.04. The quantitative estimate of drug-likeness (QED) is 0.320. The van der Waals surface area contributed by atoms with Crippen LogP contribution in [0.25, 0.3) is 11.0 Å². The summed E-state index contributed by atoms with van der Waals surface area (Å²) >= 11 is 0. The number of sulfonamides is 1. The van der Waals surface area contributed by atoms with Crippen LogP contribution >= 0.6 is 0 Å². The smallest absolute Gasteiger partial charge is 0.413 e. The van der Waals surface area contributed by atoms with Gasteiger partial charge in [0.2, 0.25) is 16.0 Å². The molecule has 3 rings (SSSR count). The van der Waals surface area contributed by atoms with Crippen molar-refractivity contribution in [1.82, 2.24) is 14.3 Å². The molecule has 0 bridgehead atoms. The van der Waals surface area contributed by atoms with Crippen molar-refractivity contribution in [2.45, 2.75) is 37.3 Å². The number of aromatic nitrogens is 2. The Hall–Kier alpha value is -2.99. The number of nitrogens with two attached hydrogens (primary N) is 1. The first-order valence-electron chi connectivity index (χ1n) is 10.9. The monoisotopic (exact) mass is 489 g/mol. The molecule has 0 saturated heterocycles. The average molecular weight is 490 g/mol. The Labute approximate surface area is 199 Å². The second-order valence-corrected chi connectivity index (χ2v) is 10.4. The van der Waals surface area contributed by atoms with Crippen LogP contribution in [0.2, 0.25) is 0 Å². The van der Waals surface area contributed by atoms with Gasteiger partial charge in [0.15, 0.2) is 0 Å². The number of fused-ring (bicyclic) bond motifs is 1. The molecule has 11 heteroatoms. The van der Waals surface area contributed by atoms with Gasteiger partial charge in [0.1, 0.15) is 5.72 Å². The number of imidazole rings is 1. The van der Waals surface area contributed by atoms with Crippen molar-refractivity contribution in [3.8, 4) is 0 Å². The summed E-state index contributed by atoms with van der Waals surface area (Å²) in [5.41, 5.74) is 5.75. The van der Waals surface area contributed by atoms with Gasteiger partial charge in [-0.25, -0.2) is 18.2 Å². The Kier molecular flexibility index (Phi) is 7.93. The van der Waals surface area contributed by atoms with Gasteiger partial charge >= 0.3 is 6.09 Å². The van der Waals surface area contributed by atoms with Crippen LogP contribution < -0.4 is 11.1 Å². The molecule has 184 valence electrons. The summed E-state index contributed by atoms with van der Waals surface area (Å²) in [6.07, 6.45) is -0.549. The number of rotatable bonds is 10. The zero-order chi connectivity index (χ0) is 24.9. The molecule has 5 N–H and O–H groups in total. The summed E-state index contributed by atoms with van der Waals surface area (Å²) in [5, 5.41) is 14.1. The van der Waals surface area contributed by atoms with E-state index < -0.39 is 21.8 Å². The maximum Gasteiger partial charge on any atom is 0.413 e. The van der Waals surface area contributed by atoms with Crippen molar-refractivity contribution in [1.29, 1.82) is 0 Å². The molecule has 0 fully saturated rings. The topological polar surface area (TPSA) is 151 Å². The summed E-state index contributed by atoms with van der Waals surface area (Å²) < 4.78 is 33.4. The molecule has 1 heterocycles. The number of carbonyl (C=O) groups excluding carboxylic acids is 1. The van der Waals surface area contributed by atoms with E-state index in [-0.39, 0.29) is 42.7 Å². The van der Waals surface area contributed by atoms with Crippen LogP contribution in [0.1, 0.15) is 25.8 Å². The SMILES string of the molecule is COC(=O)Nc1nc2ccc(S(=O)(=O)N(CC(C)C)C(O)(CCN)Cc3ccccc3)cc2[nH]1. The third kappa shape index (κ3) is 5.73. The first-order valence-corrected chi connectivity index (χ1v) is 12.4. The van der Waals surface area contributed by atoms with E-state index in [1.807, 2.05) is 44.2 Å². The number of amides is 1. The van der Waals surface area contributed by atoms with Gasteiger partial charge in [-0.1, -0.05) is 44.2 Å². The minimum absolute atomic E-state index is 0.0163. The van der Waals surface area contributed by atoms with Crippen LogP contribution in [-0.2, 0) is 21.2 Å². The van der Waals surface area contributed by atoms with E-state index >= 15 is 0 Å². The van der Waals surface area contributed by atoms with Crippen molar-refractivity contribution in [3.05, 3.63) is 54.1 Å². The number of hydrogen-bond donors (Lipinski definition) is 4. The Morgan fingerprint density at radius 1 is 1.26 bits per heavy atom. The predicted octanol–water partition coefficient (Wildman–Crippen LogP) is 2.67. The van der Waals surface area contributed by atoms with Gasteiger partial charge in [-0.05, 0) is 36.2 Å². The average Bonchev–Trinajstić information content (AvgIpc) is 3.19. The van der Waals surface area contributed by atoms with Crippen LogP contribution in [0.3, 0.4) is 0 Å². The molecule has 0 aliphatic carbocycles. The summed E-state index contributed by atoms with van der Waals surface area (Å²) in [4.78, 5) is 18.5. The summed E-state index contributed by atoms with van der Waals surface area (Å²) in [5.74, 6) is 0.0701. The minimum Gasteiger partial charge on any atom is -0.453 e. The summed E-state index contributed by atoms with van der Waals surface area (Å²) in [7, 11) is -2.91. The molecule has 0 spiro atoms. The molecule has 1 unspecified atom stereocenters. The summed E-state index contributed by atoms with van der Waals surface area (Å²) in [6, 6.07) is 13.6. The second-order valence-electron chi connectivity index (χ2n) is 8.49. The molecule has 34 heavy (non-hydrogen) atoms. The molecular weight excluding hydrogens is 458 g/mol. The number of hydrogen-bond acceptors (Lipinski definition) is 7. The first kappa shape index (κ1) is 25.6. The first-order chi connectivity index (χ1) is 16.1. The normalized spacial score (nSPS) is 13.9. The molecule has 0 aliphatic rings. The van der Waals surface area contributed by atoms with E-state index in [0.29, 0.717) is 11.0 Å². The van der Waals surface area contributed by atoms with Crippen LogP contribution in [0.15, 0.2) is 53.4 Å². The number of ether oxygens (including phenoxy) is 1. The van der Waals surface area contributed by atoms with E-state index in [0.717, 1.165) is 9.87 Å². The van der Waals surface area contributed by atoms with Gasteiger partial charge in [0.05, 0.1) is 23.0 Å². The molecule has 3 aromatic rings. The lowest BCUT2D eigenvalue weighted by atomic mass is 9.98. The predicted molar refractivity (Wildman–Crippen MR) is 130 cm³/mol. The van der Waals surface area contributed by atoms with E-state index in [1.165, 1.54) is 25.3 Å². The largest absolute Gasteiger partial charge is 0.453 e. The van der Waals surface area contributed by atoms with Gasteiger partial charge in [0.25, 0.3) is 0 Å². The highest BCUT2D eigenvalue weighted by Crippen LogP contribution is 2.31.